The number of phosphoric acid groups is 1. The van der Waals surface area contributed by atoms with E-state index in [9.17, 15) is 18.9 Å². The Morgan fingerprint density at radius 2 is 1.98 bits per heavy atom. The number of aromatic nitrogens is 4. The van der Waals surface area contributed by atoms with E-state index in [-0.39, 0.29) is 17.9 Å². The summed E-state index contributed by atoms with van der Waals surface area (Å²) in [5, 5.41) is 13.6. The van der Waals surface area contributed by atoms with Gasteiger partial charge >= 0.3 is 13.9 Å². The Kier molecular flexibility index (Phi) is 8.25. The molecule has 3 amide bonds. The maximum absolute atomic E-state index is 13.2. The van der Waals surface area contributed by atoms with E-state index in [1.807, 2.05) is 6.92 Å². The highest BCUT2D eigenvalue weighted by atomic mass is 31.2. The molecule has 40 heavy (non-hydrogen) atoms. The summed E-state index contributed by atoms with van der Waals surface area (Å²) in [6.45, 7) is 3.86. The smallest absolute Gasteiger partial charge is 0.421 e. The van der Waals surface area contributed by atoms with E-state index in [0.29, 0.717) is 28.1 Å². The van der Waals surface area contributed by atoms with Gasteiger partial charge < -0.3 is 29.7 Å². The number of anilines is 3. The monoisotopic (exact) mass is 573 g/mol. The molecular formula is C23H24N7O9P. The van der Waals surface area contributed by atoms with Crippen molar-refractivity contribution >= 4 is 48.6 Å². The number of carbonyl (C=O) groups is 3. The number of aryl methyl sites for hydroxylation is 2. The van der Waals surface area contributed by atoms with E-state index in [1.165, 1.54) is 36.3 Å². The van der Waals surface area contributed by atoms with Crippen molar-refractivity contribution in [1.29, 1.82) is 0 Å². The number of benzene rings is 1. The molecule has 0 saturated heterocycles. The van der Waals surface area contributed by atoms with Crippen molar-refractivity contribution < 1.29 is 42.5 Å². The second-order valence-corrected chi connectivity index (χ2v) is 9.50. The zero-order valence-electron chi connectivity index (χ0n) is 21.4. The first-order valence-electron chi connectivity index (χ1n) is 11.6. The summed E-state index contributed by atoms with van der Waals surface area (Å²) >= 11 is 0. The van der Waals surface area contributed by atoms with Crippen LogP contribution in [0.25, 0.3) is 5.52 Å². The Bertz CT molecular complexity index is 1610. The lowest BCUT2D eigenvalue weighted by Gasteiger charge is -2.18. The van der Waals surface area contributed by atoms with Crippen LogP contribution in [0.15, 0.2) is 47.6 Å². The van der Waals surface area contributed by atoms with Crippen molar-refractivity contribution in [3.63, 3.8) is 0 Å². The SMILES string of the molecule is CCN(C(=O)OCOP(=O)(O)O)C(=O)c1cn2ncnc(Nc3cc(C(=O)Nc4ccon4)ccc3C)c2c1C. The standard InChI is InChI=1S/C23H24N7O9P/c1-4-29(23(33)37-12-39-40(34,35)36)22(32)16-10-30-19(14(16)3)20(24-11-25-30)26-17-9-15(6-5-13(17)2)21(31)27-18-7-8-38-28-18/h5-11H,4,12H2,1-3H3,(H,24,25,26)(H,27,28,31)(H2,34,35,36). The lowest BCUT2D eigenvalue weighted by molar-refractivity contribution is 0.0210. The number of amides is 3. The van der Waals surface area contributed by atoms with Crippen molar-refractivity contribution in [2.24, 2.45) is 0 Å². The molecule has 1 aromatic carbocycles. The molecule has 16 nitrogen and oxygen atoms in total. The number of imide groups is 1. The summed E-state index contributed by atoms with van der Waals surface area (Å²) in [6.07, 6.45) is 2.86. The summed E-state index contributed by atoms with van der Waals surface area (Å²) < 4.78 is 25.7. The maximum Gasteiger partial charge on any atom is 0.472 e. The largest absolute Gasteiger partial charge is 0.472 e. The first-order chi connectivity index (χ1) is 19.0. The van der Waals surface area contributed by atoms with Gasteiger partial charge in [0.25, 0.3) is 11.8 Å². The van der Waals surface area contributed by atoms with Gasteiger partial charge in [0.2, 0.25) is 6.79 Å². The van der Waals surface area contributed by atoms with Gasteiger partial charge in [0, 0.05) is 30.1 Å². The highest BCUT2D eigenvalue weighted by Gasteiger charge is 2.28. The second-order valence-electron chi connectivity index (χ2n) is 8.26. The van der Waals surface area contributed by atoms with Gasteiger partial charge in [-0.05, 0) is 44.0 Å². The molecule has 0 fully saturated rings. The quantitative estimate of drug-likeness (QED) is 0.168. The van der Waals surface area contributed by atoms with Crippen molar-refractivity contribution in [1.82, 2.24) is 24.7 Å². The van der Waals surface area contributed by atoms with Gasteiger partial charge in [-0.1, -0.05) is 11.2 Å². The molecule has 0 spiro atoms. The molecule has 0 radical (unpaired) electrons. The third-order valence-electron chi connectivity index (χ3n) is 5.67. The summed E-state index contributed by atoms with van der Waals surface area (Å²) in [6, 6.07) is 6.53. The molecule has 3 aromatic heterocycles. The van der Waals surface area contributed by atoms with Crippen LogP contribution < -0.4 is 10.6 Å². The molecule has 210 valence electrons. The zero-order valence-corrected chi connectivity index (χ0v) is 22.3. The summed E-state index contributed by atoms with van der Waals surface area (Å²) in [7, 11) is -4.87. The Balaban J connectivity index is 1.59. The van der Waals surface area contributed by atoms with Gasteiger partial charge in [-0.3, -0.25) is 9.59 Å². The molecule has 4 aromatic rings. The fraction of sp³-hybridized carbons (Fsp3) is 0.217. The van der Waals surface area contributed by atoms with E-state index in [1.54, 1.807) is 25.1 Å². The van der Waals surface area contributed by atoms with Crippen LogP contribution >= 0.6 is 7.82 Å². The number of ether oxygens (including phenoxy) is 1. The number of phosphoric ester groups is 1. The predicted molar refractivity (Wildman–Crippen MR) is 138 cm³/mol. The molecule has 0 bridgehead atoms. The van der Waals surface area contributed by atoms with Crippen LogP contribution in [0.1, 0.15) is 38.8 Å². The van der Waals surface area contributed by atoms with E-state index in [2.05, 4.69) is 35.1 Å². The minimum Gasteiger partial charge on any atom is -0.421 e. The second kappa shape index (κ2) is 11.6. The summed E-state index contributed by atoms with van der Waals surface area (Å²) in [5.74, 6) is -0.558. The minimum absolute atomic E-state index is 0.0988. The fourth-order valence-corrected chi connectivity index (χ4v) is 3.87. The molecular weight excluding hydrogens is 549 g/mol. The van der Waals surface area contributed by atoms with Crippen LogP contribution in [0, 0.1) is 13.8 Å². The van der Waals surface area contributed by atoms with Gasteiger partial charge in [-0.15, -0.1) is 0 Å². The van der Waals surface area contributed by atoms with Crippen molar-refractivity contribution in [3.8, 4) is 0 Å². The molecule has 17 heteroatoms. The van der Waals surface area contributed by atoms with Gasteiger partial charge in [0.1, 0.15) is 18.1 Å². The van der Waals surface area contributed by atoms with E-state index >= 15 is 0 Å². The maximum atomic E-state index is 13.2. The number of carbonyl (C=O) groups excluding carboxylic acids is 3. The van der Waals surface area contributed by atoms with Crippen LogP contribution in [0.4, 0.5) is 22.1 Å². The number of fused-ring (bicyclic) bond motifs is 1. The van der Waals surface area contributed by atoms with Gasteiger partial charge in [-0.2, -0.15) is 5.10 Å². The Labute approximate surface area is 226 Å². The Morgan fingerprint density at radius 3 is 2.65 bits per heavy atom. The Hall–Kier alpha value is -4.63. The van der Waals surface area contributed by atoms with Crippen molar-refractivity contribution in [3.05, 3.63) is 65.3 Å². The summed E-state index contributed by atoms with van der Waals surface area (Å²) in [4.78, 5) is 60.8. The molecule has 0 aliphatic heterocycles. The number of hydrogen-bond donors (Lipinski definition) is 4. The molecule has 0 aliphatic rings. The Morgan fingerprint density at radius 1 is 1.20 bits per heavy atom. The highest BCUT2D eigenvalue weighted by molar-refractivity contribution is 7.46. The molecule has 0 unspecified atom stereocenters. The third kappa shape index (κ3) is 6.32. The average molecular weight is 573 g/mol. The third-order valence-corrected chi connectivity index (χ3v) is 6.12. The number of nitrogens with one attached hydrogen (secondary N) is 2. The molecule has 4 N–H and O–H groups in total. The normalized spacial score (nSPS) is 11.3. The number of nitrogens with zero attached hydrogens (tertiary/aromatic N) is 5. The molecule has 0 atom stereocenters. The lowest BCUT2D eigenvalue weighted by Crippen LogP contribution is -2.37. The first kappa shape index (κ1) is 28.4. The van der Waals surface area contributed by atoms with Crippen LogP contribution in [0.3, 0.4) is 0 Å². The van der Waals surface area contributed by atoms with Crippen LogP contribution in [-0.4, -0.2) is 65.7 Å². The summed E-state index contributed by atoms with van der Waals surface area (Å²) in [5.41, 5.74) is 2.67. The minimum atomic E-state index is -4.87. The fourth-order valence-electron chi connectivity index (χ4n) is 3.68. The van der Waals surface area contributed by atoms with Gasteiger partial charge in [-0.25, -0.2) is 28.3 Å². The van der Waals surface area contributed by atoms with E-state index in [4.69, 9.17) is 14.3 Å². The van der Waals surface area contributed by atoms with Gasteiger partial charge in [0.15, 0.2) is 11.6 Å². The van der Waals surface area contributed by atoms with Crippen molar-refractivity contribution in [2.75, 3.05) is 24.0 Å². The molecule has 0 saturated carbocycles. The number of hydrogen-bond acceptors (Lipinski definition) is 11. The van der Waals surface area contributed by atoms with Crippen LogP contribution in [0.2, 0.25) is 0 Å². The zero-order chi connectivity index (χ0) is 29.0. The first-order valence-corrected chi connectivity index (χ1v) is 13.1. The number of rotatable bonds is 9. The van der Waals surface area contributed by atoms with E-state index in [0.717, 1.165) is 10.5 Å². The molecule has 4 rings (SSSR count). The van der Waals surface area contributed by atoms with E-state index < -0.39 is 32.5 Å². The molecule has 0 aliphatic carbocycles. The average Bonchev–Trinajstić information content (AvgIpc) is 3.53. The van der Waals surface area contributed by atoms with Crippen LogP contribution in [0.5, 0.6) is 0 Å². The molecule has 3 heterocycles. The predicted octanol–water partition coefficient (Wildman–Crippen LogP) is 3.00. The van der Waals surface area contributed by atoms with Gasteiger partial charge in [0.05, 0.1) is 5.56 Å². The highest BCUT2D eigenvalue weighted by Crippen LogP contribution is 2.35. The van der Waals surface area contributed by atoms with Crippen molar-refractivity contribution in [2.45, 2.75) is 20.8 Å². The topological polar surface area (TPSA) is 211 Å². The van der Waals surface area contributed by atoms with Crippen LogP contribution in [-0.2, 0) is 13.8 Å². The lowest BCUT2D eigenvalue weighted by atomic mass is 10.1.